The number of benzene rings is 3. The molecule has 0 saturated heterocycles. The van der Waals surface area contributed by atoms with Crippen molar-refractivity contribution in [2.75, 3.05) is 0 Å². The van der Waals surface area contributed by atoms with Gasteiger partial charge in [-0.1, -0.05) is 48.5 Å². The Hall–Kier alpha value is -5.19. The van der Waals surface area contributed by atoms with Gasteiger partial charge in [0, 0.05) is 28.6 Å². The Balaban J connectivity index is 1.65. The van der Waals surface area contributed by atoms with E-state index in [-0.39, 0.29) is 11.4 Å². The Morgan fingerprint density at radius 1 is 1.00 bits per heavy atom. The largest absolute Gasteiger partial charge is 0.335 e. The maximum absolute atomic E-state index is 13.1. The summed E-state index contributed by atoms with van der Waals surface area (Å²) < 4.78 is 0. The van der Waals surface area contributed by atoms with E-state index in [0.717, 1.165) is 0 Å². The lowest BCUT2D eigenvalue weighted by molar-refractivity contribution is -0.384. The van der Waals surface area contributed by atoms with E-state index in [9.17, 15) is 24.5 Å². The predicted octanol–water partition coefficient (Wildman–Crippen LogP) is 2.45. The summed E-state index contributed by atoms with van der Waals surface area (Å²) in [4.78, 5) is 48.6. The Kier molecular flexibility index (Phi) is 6.68. The molecular weight excluding hydrogens is 452 g/mol. The fourth-order valence-electron chi connectivity index (χ4n) is 3.37. The first-order valence-electron chi connectivity index (χ1n) is 10.3. The van der Waals surface area contributed by atoms with Gasteiger partial charge < -0.3 is 5.32 Å². The highest BCUT2D eigenvalue weighted by atomic mass is 16.6. The topological polar surface area (TPSA) is 159 Å². The summed E-state index contributed by atoms with van der Waals surface area (Å²) in [7, 11) is 0. The number of aromatic amines is 1. The molecule has 11 nitrogen and oxygen atoms in total. The van der Waals surface area contributed by atoms with Crippen molar-refractivity contribution in [2.24, 2.45) is 5.10 Å². The van der Waals surface area contributed by atoms with E-state index in [1.807, 2.05) is 0 Å². The molecule has 3 aromatic carbocycles. The quantitative estimate of drug-likeness (QED) is 0.214. The molecule has 0 aliphatic carbocycles. The lowest BCUT2D eigenvalue weighted by Gasteiger charge is -2.18. The lowest BCUT2D eigenvalue weighted by Crippen LogP contribution is -2.40. The second-order valence-electron chi connectivity index (χ2n) is 7.34. The van der Waals surface area contributed by atoms with Crippen molar-refractivity contribution in [3.05, 3.63) is 116 Å². The summed E-state index contributed by atoms with van der Waals surface area (Å²) in [5, 5.41) is 24.5. The number of nitro benzene ring substituents is 1. The zero-order valence-electron chi connectivity index (χ0n) is 18.0. The number of fused-ring (bicyclic) bond motifs is 1. The van der Waals surface area contributed by atoms with Gasteiger partial charge in [-0.2, -0.15) is 10.2 Å². The van der Waals surface area contributed by atoms with Crippen LogP contribution in [-0.4, -0.2) is 33.1 Å². The minimum atomic E-state index is -1.31. The van der Waals surface area contributed by atoms with E-state index in [1.54, 1.807) is 60.7 Å². The van der Waals surface area contributed by atoms with E-state index >= 15 is 0 Å². The van der Waals surface area contributed by atoms with Crippen LogP contribution in [0.4, 0.5) is 5.69 Å². The third kappa shape index (κ3) is 5.25. The molecule has 1 heterocycles. The summed E-state index contributed by atoms with van der Waals surface area (Å²) in [6, 6.07) is 19.2. The predicted molar refractivity (Wildman–Crippen MR) is 128 cm³/mol. The van der Waals surface area contributed by atoms with Crippen molar-refractivity contribution in [2.45, 2.75) is 6.04 Å². The van der Waals surface area contributed by atoms with Crippen molar-refractivity contribution in [3.8, 4) is 0 Å². The fourth-order valence-corrected chi connectivity index (χ4v) is 3.37. The van der Waals surface area contributed by atoms with Gasteiger partial charge in [-0.3, -0.25) is 24.5 Å². The van der Waals surface area contributed by atoms with Gasteiger partial charge in [0.2, 0.25) is 0 Å². The number of nitro groups is 1. The van der Waals surface area contributed by atoms with Gasteiger partial charge in [0.25, 0.3) is 23.1 Å². The summed E-state index contributed by atoms with van der Waals surface area (Å²) in [5.74, 6) is -1.27. The zero-order valence-corrected chi connectivity index (χ0v) is 18.0. The molecule has 0 radical (unpaired) electrons. The van der Waals surface area contributed by atoms with Crippen LogP contribution in [0.1, 0.15) is 27.7 Å². The van der Waals surface area contributed by atoms with Crippen LogP contribution in [0.25, 0.3) is 10.8 Å². The maximum atomic E-state index is 13.1. The van der Waals surface area contributed by atoms with Crippen molar-refractivity contribution in [1.82, 2.24) is 20.9 Å². The lowest BCUT2D eigenvalue weighted by atomic mass is 10.0. The highest BCUT2D eigenvalue weighted by Crippen LogP contribution is 2.20. The van der Waals surface area contributed by atoms with Gasteiger partial charge in [0.05, 0.1) is 16.5 Å². The number of nitrogens with zero attached hydrogens (tertiary/aromatic N) is 3. The third-order valence-corrected chi connectivity index (χ3v) is 5.04. The maximum Gasteiger partial charge on any atom is 0.272 e. The van der Waals surface area contributed by atoms with Crippen molar-refractivity contribution >= 4 is 34.5 Å². The molecule has 0 bridgehead atoms. The molecule has 0 unspecified atom stereocenters. The molecule has 0 aliphatic rings. The van der Waals surface area contributed by atoms with Crippen molar-refractivity contribution in [1.29, 1.82) is 0 Å². The zero-order chi connectivity index (χ0) is 24.8. The van der Waals surface area contributed by atoms with E-state index in [1.165, 1.54) is 24.4 Å². The Labute approximate surface area is 197 Å². The van der Waals surface area contributed by atoms with Gasteiger partial charge in [-0.05, 0) is 18.2 Å². The first kappa shape index (κ1) is 23.0. The molecule has 0 aliphatic heterocycles. The van der Waals surface area contributed by atoms with Crippen molar-refractivity contribution < 1.29 is 14.5 Å². The van der Waals surface area contributed by atoms with E-state index in [0.29, 0.717) is 21.9 Å². The van der Waals surface area contributed by atoms with Gasteiger partial charge in [-0.25, -0.2) is 10.5 Å². The minimum Gasteiger partial charge on any atom is -0.335 e. The molecule has 3 N–H and O–H groups in total. The number of amides is 2. The molecular formula is C24H18N6O5. The number of carbonyl (C=O) groups is 2. The Morgan fingerprint density at radius 2 is 1.71 bits per heavy atom. The molecule has 0 spiro atoms. The van der Waals surface area contributed by atoms with Gasteiger partial charge in [0.15, 0.2) is 6.04 Å². The number of carbonyl (C=O) groups excluding carboxylic acids is 2. The Morgan fingerprint density at radius 3 is 2.46 bits per heavy atom. The van der Waals surface area contributed by atoms with Crippen LogP contribution in [-0.2, 0) is 4.79 Å². The number of hydrazone groups is 1. The van der Waals surface area contributed by atoms with E-state index in [4.69, 9.17) is 0 Å². The van der Waals surface area contributed by atoms with Crippen LogP contribution in [0, 0.1) is 10.1 Å². The number of hydrogen-bond acceptors (Lipinski definition) is 7. The average molecular weight is 470 g/mol. The van der Waals surface area contributed by atoms with Gasteiger partial charge >= 0.3 is 0 Å². The molecule has 4 aromatic rings. The summed E-state index contributed by atoms with van der Waals surface area (Å²) >= 11 is 0. The standard InChI is InChI=1S/C24H18N6O5/c31-22(16-8-2-1-3-9-16)26-21(20-18-11-4-5-12-19(18)23(32)29-27-20)24(33)28-25-14-15-7-6-10-17(13-15)30(34)35/h1-14,21H,(H,26,31)(H,28,33)(H,29,32)/t21-/m0/s1. The van der Waals surface area contributed by atoms with Crippen LogP contribution in [0.3, 0.4) is 0 Å². The van der Waals surface area contributed by atoms with Crippen LogP contribution < -0.4 is 16.3 Å². The summed E-state index contributed by atoms with van der Waals surface area (Å²) in [6.07, 6.45) is 1.24. The highest BCUT2D eigenvalue weighted by Gasteiger charge is 2.27. The number of rotatable bonds is 7. The molecule has 0 fully saturated rings. The van der Waals surface area contributed by atoms with Crippen LogP contribution in [0.5, 0.6) is 0 Å². The molecule has 35 heavy (non-hydrogen) atoms. The molecule has 0 saturated carbocycles. The molecule has 4 rings (SSSR count). The normalized spacial score (nSPS) is 11.8. The average Bonchev–Trinajstić information content (AvgIpc) is 2.88. The van der Waals surface area contributed by atoms with Gasteiger partial charge in [-0.15, -0.1) is 0 Å². The number of aromatic nitrogens is 2. The van der Waals surface area contributed by atoms with Crippen LogP contribution >= 0.6 is 0 Å². The molecule has 1 aromatic heterocycles. The van der Waals surface area contributed by atoms with Crippen LogP contribution in [0.15, 0.2) is 88.8 Å². The summed E-state index contributed by atoms with van der Waals surface area (Å²) in [6.45, 7) is 0. The second-order valence-corrected chi connectivity index (χ2v) is 7.34. The first-order valence-corrected chi connectivity index (χ1v) is 10.3. The minimum absolute atomic E-state index is 0.118. The monoisotopic (exact) mass is 470 g/mol. The highest BCUT2D eigenvalue weighted by molar-refractivity contribution is 5.99. The summed E-state index contributed by atoms with van der Waals surface area (Å²) in [5.41, 5.74) is 2.58. The second kappa shape index (κ2) is 10.2. The number of non-ortho nitro benzene ring substituents is 1. The van der Waals surface area contributed by atoms with E-state index < -0.39 is 28.3 Å². The molecule has 11 heteroatoms. The Bertz CT molecular complexity index is 1500. The van der Waals surface area contributed by atoms with E-state index in [2.05, 4.69) is 26.0 Å². The smallest absolute Gasteiger partial charge is 0.272 e. The number of hydrogen-bond donors (Lipinski definition) is 3. The fraction of sp³-hybridized carbons (Fsp3) is 0.0417. The molecule has 2 amide bonds. The third-order valence-electron chi connectivity index (χ3n) is 5.04. The number of nitrogens with one attached hydrogen (secondary N) is 3. The first-order chi connectivity index (χ1) is 16.9. The number of H-pyrrole nitrogens is 1. The molecule has 174 valence electrons. The van der Waals surface area contributed by atoms with Crippen molar-refractivity contribution in [3.63, 3.8) is 0 Å². The van der Waals surface area contributed by atoms with Crippen LogP contribution in [0.2, 0.25) is 0 Å². The SMILES string of the molecule is O=C(N[C@H](C(=O)NN=Cc1cccc([N+](=O)[O-])c1)c1n[nH]c(=O)c2ccccc12)c1ccccc1. The van der Waals surface area contributed by atoms with Gasteiger partial charge in [0.1, 0.15) is 5.69 Å². The molecule has 1 atom stereocenters.